The predicted molar refractivity (Wildman–Crippen MR) is 117 cm³/mol. The first-order valence-corrected chi connectivity index (χ1v) is 10.9. The number of carbonyl (C=O) groups excluding carboxylic acids is 2. The van der Waals surface area contributed by atoms with E-state index < -0.39 is 65.1 Å². The maximum Gasteiger partial charge on any atom is 0.417 e. The third-order valence-electron chi connectivity index (χ3n) is 6.38. The van der Waals surface area contributed by atoms with Crippen LogP contribution in [0.1, 0.15) is 51.0 Å². The van der Waals surface area contributed by atoms with Gasteiger partial charge in [0.15, 0.2) is 17.2 Å². The van der Waals surface area contributed by atoms with Gasteiger partial charge >= 0.3 is 12.1 Å². The van der Waals surface area contributed by atoms with Gasteiger partial charge in [0.25, 0.3) is 5.91 Å². The van der Waals surface area contributed by atoms with Crippen molar-refractivity contribution < 1.29 is 45.8 Å². The number of nitrogens with one attached hydrogen (secondary N) is 1. The van der Waals surface area contributed by atoms with Crippen LogP contribution in [0.15, 0.2) is 30.5 Å². The second kappa shape index (κ2) is 10.00. The van der Waals surface area contributed by atoms with Crippen LogP contribution >= 0.6 is 0 Å². The van der Waals surface area contributed by atoms with Gasteiger partial charge in [-0.3, -0.25) is 14.6 Å². The average molecular weight is 516 g/mol. The summed E-state index contributed by atoms with van der Waals surface area (Å²) in [6.07, 6.45) is -6.06. The van der Waals surface area contributed by atoms with Crippen molar-refractivity contribution in [3.05, 3.63) is 53.4 Å². The Kier molecular flexibility index (Phi) is 7.58. The predicted octanol–water partition coefficient (Wildman–Crippen LogP) is 5.07. The Labute approximate surface area is 203 Å². The van der Waals surface area contributed by atoms with Crippen molar-refractivity contribution in [1.29, 1.82) is 0 Å². The van der Waals surface area contributed by atoms with Crippen LogP contribution in [0.4, 0.5) is 27.6 Å². The Balaban J connectivity index is 2.01. The van der Waals surface area contributed by atoms with E-state index in [1.165, 1.54) is 32.2 Å². The first-order chi connectivity index (χ1) is 16.7. The number of carbonyl (C=O) groups is 2. The maximum absolute atomic E-state index is 14.4. The summed E-state index contributed by atoms with van der Waals surface area (Å²) >= 11 is 0. The molecule has 0 saturated carbocycles. The normalized spacial score (nSPS) is 24.8. The molecular formula is C24H25F5N2O5. The zero-order chi connectivity index (χ0) is 27.0. The molecule has 1 aliphatic rings. The maximum atomic E-state index is 14.4. The molecule has 12 heteroatoms. The zero-order valence-corrected chi connectivity index (χ0v) is 20.1. The zero-order valence-electron chi connectivity index (χ0n) is 20.1. The molecule has 5 atom stereocenters. The second-order valence-electron chi connectivity index (χ2n) is 8.65. The molecule has 1 amide bonds. The highest BCUT2D eigenvalue weighted by Gasteiger charge is 2.65. The van der Waals surface area contributed by atoms with Crippen LogP contribution in [-0.2, 0) is 19.1 Å². The van der Waals surface area contributed by atoms with Gasteiger partial charge in [-0.25, -0.2) is 4.39 Å². The minimum absolute atomic E-state index is 0.143. The number of aromatic nitrogens is 1. The number of ether oxygens (including phenoxy) is 3. The van der Waals surface area contributed by atoms with Gasteiger partial charge in [0.05, 0.1) is 12.8 Å². The van der Waals surface area contributed by atoms with E-state index >= 15 is 0 Å². The molecule has 1 fully saturated rings. The number of halogens is 5. The summed E-state index contributed by atoms with van der Waals surface area (Å²) in [7, 11) is 1.04. The summed E-state index contributed by atoms with van der Waals surface area (Å²) in [5.41, 5.74) is -2.49. The average Bonchev–Trinajstić information content (AvgIpc) is 3.07. The third-order valence-corrected chi connectivity index (χ3v) is 6.38. The number of rotatable bonds is 6. The van der Waals surface area contributed by atoms with E-state index in [0.717, 1.165) is 26.2 Å². The molecule has 0 bridgehead atoms. The number of methoxy groups -OCH3 is 1. The highest BCUT2D eigenvalue weighted by molar-refractivity contribution is 5.95. The standard InChI is InChI=1S/C24H25F5N2O5/c1-11-18(15-6-7-16(25)19(26)20(15)34-5)21(36-23(11,4)24(27,28)29)22(33)31-14-8-9-30-17(10-14)12(2)35-13(3)32/h6-12,18,21H,1-5H3,(H,30,31,33)/t11-,12+,18-,21+,23+/m0/s1. The van der Waals surface area contributed by atoms with Crippen LogP contribution in [0.2, 0.25) is 0 Å². The van der Waals surface area contributed by atoms with Gasteiger partial charge in [0.1, 0.15) is 12.2 Å². The number of anilines is 1. The summed E-state index contributed by atoms with van der Waals surface area (Å²) in [6, 6.07) is 4.61. The fraction of sp³-hybridized carbons (Fsp3) is 0.458. The quantitative estimate of drug-likeness (QED) is 0.426. The van der Waals surface area contributed by atoms with Crippen molar-refractivity contribution in [2.24, 2.45) is 5.92 Å². The Morgan fingerprint density at radius 1 is 1.22 bits per heavy atom. The summed E-state index contributed by atoms with van der Waals surface area (Å²) in [6.45, 7) is 4.79. The van der Waals surface area contributed by atoms with E-state index in [-0.39, 0.29) is 16.9 Å². The number of benzene rings is 1. The number of hydrogen-bond acceptors (Lipinski definition) is 6. The van der Waals surface area contributed by atoms with Gasteiger partial charge in [-0.1, -0.05) is 13.0 Å². The van der Waals surface area contributed by atoms with E-state index in [1.54, 1.807) is 6.92 Å². The van der Waals surface area contributed by atoms with Crippen LogP contribution in [0.3, 0.4) is 0 Å². The molecular weight excluding hydrogens is 491 g/mol. The molecule has 0 unspecified atom stereocenters. The monoisotopic (exact) mass is 516 g/mol. The minimum Gasteiger partial charge on any atom is -0.493 e. The molecule has 1 aliphatic heterocycles. The Bertz CT molecular complexity index is 1160. The number of esters is 1. The molecule has 36 heavy (non-hydrogen) atoms. The van der Waals surface area contributed by atoms with Crippen LogP contribution in [0.25, 0.3) is 0 Å². The van der Waals surface area contributed by atoms with Crippen molar-refractivity contribution in [3.63, 3.8) is 0 Å². The Morgan fingerprint density at radius 2 is 1.89 bits per heavy atom. The summed E-state index contributed by atoms with van der Waals surface area (Å²) in [5, 5.41) is 2.49. The highest BCUT2D eigenvalue weighted by atomic mass is 19.4. The van der Waals surface area contributed by atoms with Crippen LogP contribution in [-0.4, -0.2) is 41.9 Å². The smallest absolute Gasteiger partial charge is 0.417 e. The Morgan fingerprint density at radius 3 is 2.47 bits per heavy atom. The van der Waals surface area contributed by atoms with Gasteiger partial charge < -0.3 is 19.5 Å². The van der Waals surface area contributed by atoms with Gasteiger partial charge in [-0.15, -0.1) is 0 Å². The van der Waals surface area contributed by atoms with E-state index in [2.05, 4.69) is 10.3 Å². The summed E-state index contributed by atoms with van der Waals surface area (Å²) in [4.78, 5) is 28.5. The van der Waals surface area contributed by atoms with E-state index in [9.17, 15) is 31.5 Å². The lowest BCUT2D eigenvalue weighted by molar-refractivity contribution is -0.272. The summed E-state index contributed by atoms with van der Waals surface area (Å²) < 4.78 is 85.8. The van der Waals surface area contributed by atoms with E-state index in [0.29, 0.717) is 0 Å². The number of alkyl halides is 3. The number of hydrogen-bond donors (Lipinski definition) is 1. The molecule has 1 N–H and O–H groups in total. The topological polar surface area (TPSA) is 86.8 Å². The molecule has 0 spiro atoms. The molecule has 1 aromatic heterocycles. The van der Waals surface area contributed by atoms with Gasteiger partial charge in [-0.05, 0) is 32.0 Å². The van der Waals surface area contributed by atoms with Crippen LogP contribution in [0.5, 0.6) is 5.75 Å². The molecule has 1 saturated heterocycles. The molecule has 196 valence electrons. The lowest BCUT2D eigenvalue weighted by Crippen LogP contribution is -2.47. The number of nitrogens with zero attached hydrogens (tertiary/aromatic N) is 1. The van der Waals surface area contributed by atoms with Gasteiger partial charge in [0, 0.05) is 36.2 Å². The highest BCUT2D eigenvalue weighted by Crippen LogP contribution is 2.55. The van der Waals surface area contributed by atoms with Crippen LogP contribution in [0, 0.1) is 17.6 Å². The minimum atomic E-state index is -4.88. The van der Waals surface area contributed by atoms with Crippen molar-refractivity contribution in [3.8, 4) is 5.75 Å². The lowest BCUT2D eigenvalue weighted by atomic mass is 9.77. The fourth-order valence-corrected chi connectivity index (χ4v) is 4.31. The first kappa shape index (κ1) is 27.3. The number of amides is 1. The molecule has 7 nitrogen and oxygen atoms in total. The van der Waals surface area contributed by atoms with Gasteiger partial charge in [0.2, 0.25) is 5.82 Å². The van der Waals surface area contributed by atoms with Crippen molar-refractivity contribution >= 4 is 17.6 Å². The van der Waals surface area contributed by atoms with Crippen molar-refractivity contribution in [2.45, 2.75) is 57.6 Å². The molecule has 2 aromatic rings. The second-order valence-corrected chi connectivity index (χ2v) is 8.65. The molecule has 0 radical (unpaired) electrons. The van der Waals surface area contributed by atoms with E-state index in [1.807, 2.05) is 0 Å². The van der Waals surface area contributed by atoms with E-state index in [4.69, 9.17) is 14.2 Å². The van der Waals surface area contributed by atoms with Gasteiger partial charge in [-0.2, -0.15) is 17.6 Å². The Hall–Kier alpha value is -3.28. The molecule has 2 heterocycles. The van der Waals surface area contributed by atoms with Crippen molar-refractivity contribution in [1.82, 2.24) is 4.98 Å². The number of pyridine rings is 1. The fourth-order valence-electron chi connectivity index (χ4n) is 4.31. The molecule has 1 aromatic carbocycles. The van der Waals surface area contributed by atoms with Crippen LogP contribution < -0.4 is 10.1 Å². The SMILES string of the molecule is COc1c([C@H]2[C@H](C(=O)Nc3ccnc([C@@H](C)OC(C)=O)c3)O[C@@](C)(C(F)(F)F)[C@H]2C)ccc(F)c1F. The largest absolute Gasteiger partial charge is 0.493 e. The summed E-state index contributed by atoms with van der Waals surface area (Å²) in [5.74, 6) is -7.49. The first-order valence-electron chi connectivity index (χ1n) is 10.9. The third kappa shape index (κ3) is 4.99. The lowest BCUT2D eigenvalue weighted by Gasteiger charge is -2.32. The molecule has 0 aliphatic carbocycles. The van der Waals surface area contributed by atoms with Crippen molar-refractivity contribution in [2.75, 3.05) is 12.4 Å². The molecule has 3 rings (SSSR count).